The summed E-state index contributed by atoms with van der Waals surface area (Å²) in [7, 11) is 0. The molecule has 2 saturated heterocycles. The van der Waals surface area contributed by atoms with Crippen molar-refractivity contribution in [2.75, 3.05) is 12.3 Å². The molecule has 0 unspecified atom stereocenters. The van der Waals surface area contributed by atoms with Crippen LogP contribution in [0, 0.1) is 0 Å². The second-order valence-corrected chi connectivity index (χ2v) is 7.87. The molecule has 142 valence electrons. The van der Waals surface area contributed by atoms with Gasteiger partial charge in [0.05, 0.1) is 12.1 Å². The quantitative estimate of drug-likeness (QED) is 0.118. The first-order valence-corrected chi connectivity index (χ1v) is 10.1. The van der Waals surface area contributed by atoms with Gasteiger partial charge in [0.1, 0.15) is 0 Å². The van der Waals surface area contributed by atoms with Crippen molar-refractivity contribution in [2.24, 2.45) is 5.84 Å². The Hall–Kier alpha value is -1.48. The third kappa shape index (κ3) is 6.74. The molecule has 9 heteroatoms. The summed E-state index contributed by atoms with van der Waals surface area (Å²) in [6.45, 7) is 0.656. The minimum atomic E-state index is -0.149. The Morgan fingerprint density at radius 1 is 1.08 bits per heavy atom. The van der Waals surface area contributed by atoms with Crippen LogP contribution in [0.2, 0.25) is 0 Å². The minimum absolute atomic E-state index is 0.0525. The number of fused-ring (bicyclic) bond motifs is 1. The van der Waals surface area contributed by atoms with E-state index in [9.17, 15) is 14.4 Å². The van der Waals surface area contributed by atoms with E-state index < -0.39 is 0 Å². The molecule has 4 amide bonds. The molecule has 2 aliphatic heterocycles. The largest absolute Gasteiger partial charge is 0.356 e. The molecule has 3 atom stereocenters. The monoisotopic (exact) mass is 371 g/mol. The Morgan fingerprint density at radius 3 is 2.64 bits per heavy atom. The molecule has 2 fully saturated rings. The fourth-order valence-electron chi connectivity index (χ4n) is 3.25. The maximum Gasteiger partial charge on any atom is 0.315 e. The van der Waals surface area contributed by atoms with Gasteiger partial charge in [-0.3, -0.25) is 15.0 Å². The van der Waals surface area contributed by atoms with Crippen LogP contribution < -0.4 is 27.2 Å². The summed E-state index contributed by atoms with van der Waals surface area (Å²) >= 11 is 1.91. The minimum Gasteiger partial charge on any atom is -0.356 e. The average Bonchev–Trinajstić information content (AvgIpc) is 3.14. The highest BCUT2D eigenvalue weighted by molar-refractivity contribution is 8.00. The number of amides is 4. The third-order valence-corrected chi connectivity index (χ3v) is 6.15. The lowest BCUT2D eigenvalue weighted by Gasteiger charge is -2.16. The normalized spacial score (nSPS) is 24.4. The highest BCUT2D eigenvalue weighted by Crippen LogP contribution is 2.33. The van der Waals surface area contributed by atoms with Crippen LogP contribution in [0.5, 0.6) is 0 Å². The van der Waals surface area contributed by atoms with Crippen LogP contribution in [0.4, 0.5) is 4.79 Å². The van der Waals surface area contributed by atoms with E-state index in [1.807, 2.05) is 11.8 Å². The maximum absolute atomic E-state index is 11.8. The summed E-state index contributed by atoms with van der Waals surface area (Å²) in [5.41, 5.74) is 2.10. The van der Waals surface area contributed by atoms with E-state index in [2.05, 4.69) is 21.4 Å². The maximum atomic E-state index is 11.8. The molecular weight excluding hydrogens is 342 g/mol. The fraction of sp³-hybridized carbons (Fsp3) is 0.812. The number of thioether (sulfide) groups is 1. The molecule has 0 spiro atoms. The van der Waals surface area contributed by atoms with Gasteiger partial charge in [-0.15, -0.1) is 0 Å². The van der Waals surface area contributed by atoms with Crippen molar-refractivity contribution in [1.29, 1.82) is 0 Å². The molecule has 2 heterocycles. The zero-order chi connectivity index (χ0) is 18.1. The van der Waals surface area contributed by atoms with Crippen molar-refractivity contribution >= 4 is 29.6 Å². The van der Waals surface area contributed by atoms with Crippen molar-refractivity contribution < 1.29 is 14.4 Å². The molecule has 0 bridgehead atoms. The van der Waals surface area contributed by atoms with Crippen molar-refractivity contribution in [2.45, 2.75) is 68.7 Å². The first kappa shape index (κ1) is 19.8. The Balaban J connectivity index is 1.44. The summed E-state index contributed by atoms with van der Waals surface area (Å²) in [5.74, 6) is 5.92. The molecular formula is C16H29N5O3S. The molecule has 25 heavy (non-hydrogen) atoms. The molecule has 0 saturated carbocycles. The summed E-state index contributed by atoms with van der Waals surface area (Å²) in [6, 6.07) is 0.456. The second-order valence-electron chi connectivity index (χ2n) is 6.60. The molecule has 6 N–H and O–H groups in total. The molecule has 0 aromatic heterocycles. The predicted molar refractivity (Wildman–Crippen MR) is 97.8 cm³/mol. The van der Waals surface area contributed by atoms with E-state index in [1.165, 1.54) is 0 Å². The molecule has 0 radical (unpaired) electrons. The second kappa shape index (κ2) is 10.5. The molecule has 0 aromatic rings. The number of carbonyl (C=O) groups is 3. The van der Waals surface area contributed by atoms with Crippen LogP contribution in [0.3, 0.4) is 0 Å². The van der Waals surface area contributed by atoms with Gasteiger partial charge in [-0.25, -0.2) is 10.6 Å². The van der Waals surface area contributed by atoms with E-state index in [0.29, 0.717) is 24.6 Å². The summed E-state index contributed by atoms with van der Waals surface area (Å²) < 4.78 is 0. The predicted octanol–water partition coefficient (Wildman–Crippen LogP) is 0.379. The number of nitrogens with two attached hydrogens (primary N) is 1. The van der Waals surface area contributed by atoms with Crippen molar-refractivity contribution in [1.82, 2.24) is 21.4 Å². The number of carbonyl (C=O) groups excluding carboxylic acids is 3. The number of unbranched alkanes of at least 4 members (excludes halogenated alkanes) is 3. The Morgan fingerprint density at radius 2 is 1.84 bits per heavy atom. The van der Waals surface area contributed by atoms with Gasteiger partial charge >= 0.3 is 6.03 Å². The van der Waals surface area contributed by atoms with E-state index in [0.717, 1.165) is 44.3 Å². The smallest absolute Gasteiger partial charge is 0.315 e. The van der Waals surface area contributed by atoms with Gasteiger partial charge in [0, 0.05) is 30.4 Å². The van der Waals surface area contributed by atoms with E-state index >= 15 is 0 Å². The zero-order valence-electron chi connectivity index (χ0n) is 14.5. The van der Waals surface area contributed by atoms with Crippen molar-refractivity contribution in [3.63, 3.8) is 0 Å². The van der Waals surface area contributed by atoms with Crippen molar-refractivity contribution in [3.05, 3.63) is 0 Å². The molecule has 2 aliphatic rings. The van der Waals surface area contributed by atoms with Gasteiger partial charge in [-0.1, -0.05) is 12.8 Å². The molecule has 0 aromatic carbocycles. The SMILES string of the molecule is NNC(=O)CCCCCNC(=O)CCCC[C@@H]1SC[C@@H]2NC(=O)N[C@@H]21. The summed E-state index contributed by atoms with van der Waals surface area (Å²) in [5, 5.41) is 9.30. The van der Waals surface area contributed by atoms with Crippen molar-refractivity contribution in [3.8, 4) is 0 Å². The number of urea groups is 1. The van der Waals surface area contributed by atoms with Crippen LogP contribution in [-0.2, 0) is 9.59 Å². The van der Waals surface area contributed by atoms with Gasteiger partial charge in [0.2, 0.25) is 11.8 Å². The Bertz CT molecular complexity index is 477. The fourth-order valence-corrected chi connectivity index (χ4v) is 4.79. The highest BCUT2D eigenvalue weighted by Gasteiger charge is 2.42. The van der Waals surface area contributed by atoms with Crippen LogP contribution >= 0.6 is 11.8 Å². The van der Waals surface area contributed by atoms with Gasteiger partial charge in [-0.2, -0.15) is 11.8 Å². The number of hydrogen-bond acceptors (Lipinski definition) is 5. The van der Waals surface area contributed by atoms with E-state index in [-0.39, 0.29) is 29.9 Å². The van der Waals surface area contributed by atoms with Gasteiger partial charge in [-0.05, 0) is 25.7 Å². The first-order chi connectivity index (χ1) is 12.1. The van der Waals surface area contributed by atoms with Gasteiger partial charge in [0.25, 0.3) is 0 Å². The first-order valence-electron chi connectivity index (χ1n) is 9.05. The lowest BCUT2D eigenvalue weighted by Crippen LogP contribution is -2.36. The molecule has 2 rings (SSSR count). The zero-order valence-corrected chi connectivity index (χ0v) is 15.3. The van der Waals surface area contributed by atoms with Crippen LogP contribution in [0.25, 0.3) is 0 Å². The lowest BCUT2D eigenvalue weighted by molar-refractivity contribution is -0.122. The summed E-state index contributed by atoms with van der Waals surface area (Å²) in [6.07, 6.45) is 6.44. The van der Waals surface area contributed by atoms with Crippen LogP contribution in [0.15, 0.2) is 0 Å². The summed E-state index contributed by atoms with van der Waals surface area (Å²) in [4.78, 5) is 34.1. The standard InChI is InChI=1S/C16H29N5O3S/c17-21-14(23)8-2-1-5-9-18-13(22)7-4-3-6-12-15-11(10-25-12)19-16(24)20-15/h11-12,15H,1-10,17H2,(H,18,22)(H,21,23)(H2,19,20,24)/t11-,12-,15-/m0/s1. The topological polar surface area (TPSA) is 125 Å². The molecule has 8 nitrogen and oxygen atoms in total. The van der Waals surface area contributed by atoms with Gasteiger partial charge in [0.15, 0.2) is 0 Å². The average molecular weight is 372 g/mol. The number of nitrogens with one attached hydrogen (secondary N) is 4. The van der Waals surface area contributed by atoms with Crippen LogP contribution in [0.1, 0.15) is 51.4 Å². The molecule has 0 aliphatic carbocycles. The number of hydrazine groups is 1. The Labute approximate surface area is 152 Å². The third-order valence-electron chi connectivity index (χ3n) is 4.64. The van der Waals surface area contributed by atoms with E-state index in [4.69, 9.17) is 5.84 Å². The van der Waals surface area contributed by atoms with Crippen LogP contribution in [-0.4, -0.2) is 47.5 Å². The number of hydrogen-bond donors (Lipinski definition) is 5. The number of rotatable bonds is 11. The Kier molecular flexibility index (Phi) is 8.33. The van der Waals surface area contributed by atoms with Gasteiger partial charge < -0.3 is 16.0 Å². The highest BCUT2D eigenvalue weighted by atomic mass is 32.2. The lowest BCUT2D eigenvalue weighted by atomic mass is 10.0. The van der Waals surface area contributed by atoms with E-state index in [1.54, 1.807) is 0 Å².